The highest BCUT2D eigenvalue weighted by molar-refractivity contribution is 5.20. The molecule has 0 aliphatic carbocycles. The van der Waals surface area contributed by atoms with Gasteiger partial charge in [0.1, 0.15) is 11.6 Å². The van der Waals surface area contributed by atoms with Gasteiger partial charge in [0.25, 0.3) is 0 Å². The molecule has 1 nitrogen and oxygen atoms in total. The molecule has 1 aromatic carbocycles. The number of halogens is 2. The Hall–Kier alpha value is -0.960. The lowest BCUT2D eigenvalue weighted by molar-refractivity contribution is 0.436. The van der Waals surface area contributed by atoms with E-state index in [0.717, 1.165) is 12.8 Å². The van der Waals surface area contributed by atoms with E-state index >= 15 is 0 Å². The first-order valence-electron chi connectivity index (χ1n) is 6.14. The van der Waals surface area contributed by atoms with Crippen LogP contribution in [-0.4, -0.2) is 13.1 Å². The molecule has 0 radical (unpaired) electrons. The Morgan fingerprint density at radius 2 is 1.71 bits per heavy atom. The van der Waals surface area contributed by atoms with Crippen molar-refractivity contribution in [3.8, 4) is 0 Å². The van der Waals surface area contributed by atoms with Crippen molar-refractivity contribution in [2.75, 3.05) is 7.05 Å². The van der Waals surface area contributed by atoms with Crippen molar-refractivity contribution in [1.29, 1.82) is 0 Å². The third kappa shape index (κ3) is 4.43. The van der Waals surface area contributed by atoms with Gasteiger partial charge in [-0.15, -0.1) is 0 Å². The summed E-state index contributed by atoms with van der Waals surface area (Å²) in [5.74, 6) is -0.291. The Morgan fingerprint density at radius 1 is 1.12 bits per heavy atom. The summed E-state index contributed by atoms with van der Waals surface area (Å²) in [7, 11) is 1.84. The number of likely N-dealkylation sites (N-methyl/N-ethyl adjacent to an activating group) is 1. The first kappa shape index (κ1) is 14.1. The van der Waals surface area contributed by atoms with Gasteiger partial charge in [0.15, 0.2) is 0 Å². The molecule has 17 heavy (non-hydrogen) atoms. The maximum Gasteiger partial charge on any atom is 0.129 e. The summed E-state index contributed by atoms with van der Waals surface area (Å²) in [6.45, 7) is 4.30. The molecule has 96 valence electrons. The van der Waals surface area contributed by atoms with Gasteiger partial charge in [0.05, 0.1) is 0 Å². The van der Waals surface area contributed by atoms with Crippen molar-refractivity contribution >= 4 is 0 Å². The zero-order valence-electron chi connectivity index (χ0n) is 10.8. The van der Waals surface area contributed by atoms with Gasteiger partial charge in [0.2, 0.25) is 0 Å². The molecule has 3 heteroatoms. The molecule has 0 bridgehead atoms. The number of benzene rings is 1. The van der Waals surface area contributed by atoms with E-state index in [1.165, 1.54) is 18.2 Å². The molecule has 0 spiro atoms. The Balaban J connectivity index is 2.67. The van der Waals surface area contributed by atoms with Crippen LogP contribution in [0.4, 0.5) is 8.78 Å². The van der Waals surface area contributed by atoms with Crippen LogP contribution in [0.15, 0.2) is 18.2 Å². The fourth-order valence-corrected chi connectivity index (χ4v) is 1.86. The number of nitrogens with one attached hydrogen (secondary N) is 1. The minimum Gasteiger partial charge on any atom is -0.317 e. The van der Waals surface area contributed by atoms with Crippen LogP contribution < -0.4 is 5.32 Å². The highest BCUT2D eigenvalue weighted by Gasteiger charge is 2.14. The van der Waals surface area contributed by atoms with Crippen molar-refractivity contribution in [2.24, 2.45) is 5.92 Å². The maximum absolute atomic E-state index is 13.5. The van der Waals surface area contributed by atoms with E-state index in [0.29, 0.717) is 12.3 Å². The molecule has 1 unspecified atom stereocenters. The number of rotatable bonds is 6. The van der Waals surface area contributed by atoms with Crippen LogP contribution in [0.2, 0.25) is 0 Å². The van der Waals surface area contributed by atoms with Crippen LogP contribution in [0, 0.1) is 17.6 Å². The molecule has 0 heterocycles. The topological polar surface area (TPSA) is 12.0 Å². The van der Waals surface area contributed by atoms with Crippen molar-refractivity contribution < 1.29 is 8.78 Å². The summed E-state index contributed by atoms with van der Waals surface area (Å²) in [6.07, 6.45) is 2.39. The molecule has 0 aliphatic rings. The summed E-state index contributed by atoms with van der Waals surface area (Å²) in [5.41, 5.74) is 0.190. The Bertz CT molecular complexity index is 330. The lowest BCUT2D eigenvalue weighted by Gasteiger charge is -2.18. The lowest BCUT2D eigenvalue weighted by Crippen LogP contribution is -2.28. The molecule has 0 saturated carbocycles. The normalized spacial score (nSPS) is 13.1. The highest BCUT2D eigenvalue weighted by atomic mass is 19.1. The Morgan fingerprint density at radius 3 is 2.18 bits per heavy atom. The molecule has 1 rings (SSSR count). The molecular weight excluding hydrogens is 220 g/mol. The van der Waals surface area contributed by atoms with E-state index in [1.807, 2.05) is 7.05 Å². The third-order valence-electron chi connectivity index (χ3n) is 3.01. The van der Waals surface area contributed by atoms with Crippen molar-refractivity contribution in [3.05, 3.63) is 35.4 Å². The van der Waals surface area contributed by atoms with Gasteiger partial charge in [0, 0.05) is 11.6 Å². The predicted octanol–water partition coefficient (Wildman–Crippen LogP) is 3.53. The number of hydrogen-bond donors (Lipinski definition) is 1. The molecule has 1 aromatic rings. The van der Waals surface area contributed by atoms with Gasteiger partial charge in [-0.2, -0.15) is 0 Å². The van der Waals surface area contributed by atoms with E-state index in [4.69, 9.17) is 0 Å². The quantitative estimate of drug-likeness (QED) is 0.803. The molecular formula is C14H21F2N. The zero-order valence-corrected chi connectivity index (χ0v) is 10.8. The molecule has 1 atom stereocenters. The molecule has 0 fully saturated rings. The summed E-state index contributed by atoms with van der Waals surface area (Å²) >= 11 is 0. The fourth-order valence-electron chi connectivity index (χ4n) is 1.86. The van der Waals surface area contributed by atoms with E-state index in [2.05, 4.69) is 19.2 Å². The number of hydrogen-bond acceptors (Lipinski definition) is 1. The van der Waals surface area contributed by atoms with Crippen molar-refractivity contribution in [2.45, 2.75) is 39.2 Å². The summed E-state index contributed by atoms with van der Waals surface area (Å²) < 4.78 is 27.0. The summed E-state index contributed by atoms with van der Waals surface area (Å²) in [5, 5.41) is 3.13. The molecule has 0 aromatic heterocycles. The van der Waals surface area contributed by atoms with E-state index in [-0.39, 0.29) is 11.6 Å². The smallest absolute Gasteiger partial charge is 0.129 e. The molecule has 0 aliphatic heterocycles. The summed E-state index contributed by atoms with van der Waals surface area (Å²) in [6, 6.07) is 4.15. The molecule has 0 amide bonds. The van der Waals surface area contributed by atoms with Gasteiger partial charge in [-0.1, -0.05) is 19.9 Å². The van der Waals surface area contributed by atoms with Gasteiger partial charge in [-0.05, 0) is 44.4 Å². The van der Waals surface area contributed by atoms with Crippen LogP contribution in [0.1, 0.15) is 32.3 Å². The zero-order chi connectivity index (χ0) is 12.8. The minimum absolute atomic E-state index is 0.129. The van der Waals surface area contributed by atoms with Crippen LogP contribution in [-0.2, 0) is 6.42 Å². The van der Waals surface area contributed by atoms with Gasteiger partial charge < -0.3 is 5.32 Å². The van der Waals surface area contributed by atoms with Crippen LogP contribution in [0.3, 0.4) is 0 Å². The van der Waals surface area contributed by atoms with Gasteiger partial charge in [-0.3, -0.25) is 0 Å². The van der Waals surface area contributed by atoms with Crippen LogP contribution >= 0.6 is 0 Å². The van der Waals surface area contributed by atoms with Crippen LogP contribution in [0.25, 0.3) is 0 Å². The third-order valence-corrected chi connectivity index (χ3v) is 3.01. The fraction of sp³-hybridized carbons (Fsp3) is 0.571. The highest BCUT2D eigenvalue weighted by Crippen LogP contribution is 2.17. The van der Waals surface area contributed by atoms with E-state index in [9.17, 15) is 8.78 Å². The van der Waals surface area contributed by atoms with Crippen LogP contribution in [0.5, 0.6) is 0 Å². The van der Waals surface area contributed by atoms with Crippen molar-refractivity contribution in [3.63, 3.8) is 0 Å². The van der Waals surface area contributed by atoms with Gasteiger partial charge in [-0.25, -0.2) is 8.78 Å². The Kier molecular flexibility index (Phi) is 5.56. The molecule has 0 saturated heterocycles. The predicted molar refractivity (Wildman–Crippen MR) is 67.0 cm³/mol. The Labute approximate surface area is 102 Å². The monoisotopic (exact) mass is 241 g/mol. The first-order chi connectivity index (χ1) is 8.04. The maximum atomic E-state index is 13.5. The second-order valence-electron chi connectivity index (χ2n) is 4.86. The summed E-state index contributed by atoms with van der Waals surface area (Å²) in [4.78, 5) is 0. The SMILES string of the molecule is CNC(CCC(C)C)Cc1c(F)cccc1F. The van der Waals surface area contributed by atoms with Crippen molar-refractivity contribution in [1.82, 2.24) is 5.32 Å². The molecule has 1 N–H and O–H groups in total. The average Bonchev–Trinajstić information content (AvgIpc) is 2.27. The second-order valence-corrected chi connectivity index (χ2v) is 4.86. The van der Waals surface area contributed by atoms with E-state index < -0.39 is 11.6 Å². The first-order valence-corrected chi connectivity index (χ1v) is 6.14. The minimum atomic E-state index is -0.449. The average molecular weight is 241 g/mol. The van der Waals surface area contributed by atoms with Gasteiger partial charge >= 0.3 is 0 Å². The lowest BCUT2D eigenvalue weighted by atomic mass is 9.97. The standard InChI is InChI=1S/C14H21F2N/c1-10(2)7-8-11(17-3)9-12-13(15)5-4-6-14(12)16/h4-6,10-11,17H,7-9H2,1-3H3. The second kappa shape index (κ2) is 6.70. The largest absolute Gasteiger partial charge is 0.317 e. The van der Waals surface area contributed by atoms with E-state index in [1.54, 1.807) is 0 Å².